The first-order valence-electron chi connectivity index (χ1n) is 4.21. The molecule has 1 N–H and O–H groups in total. The molecule has 14 heavy (non-hydrogen) atoms. The summed E-state index contributed by atoms with van der Waals surface area (Å²) in [6.45, 7) is 1.66. The highest BCUT2D eigenvalue weighted by Gasteiger charge is 2.26. The lowest BCUT2D eigenvalue weighted by molar-refractivity contribution is -0.131. The second kappa shape index (κ2) is 4.30. The van der Waals surface area contributed by atoms with Crippen molar-refractivity contribution in [2.24, 2.45) is 0 Å². The monoisotopic (exact) mass is 204 g/mol. The van der Waals surface area contributed by atoms with Crippen LogP contribution >= 0.6 is 0 Å². The van der Waals surface area contributed by atoms with E-state index in [0.717, 1.165) is 5.56 Å². The number of hydrogen-bond donors (Lipinski definition) is 1. The summed E-state index contributed by atoms with van der Waals surface area (Å²) < 4.78 is 35.4. The largest absolute Gasteiger partial charge is 0.390 e. The van der Waals surface area contributed by atoms with E-state index >= 15 is 0 Å². The van der Waals surface area contributed by atoms with Crippen LogP contribution in [0.4, 0.5) is 19.0 Å². The third-order valence-electron chi connectivity index (χ3n) is 1.71. The van der Waals surface area contributed by atoms with Crippen LogP contribution in [0, 0.1) is 6.92 Å². The fraction of sp³-hybridized carbons (Fsp3) is 0.444. The van der Waals surface area contributed by atoms with Crippen molar-refractivity contribution < 1.29 is 13.2 Å². The van der Waals surface area contributed by atoms with Crippen LogP contribution in [0.3, 0.4) is 0 Å². The molecular formula is C9H11F3N2. The van der Waals surface area contributed by atoms with Crippen molar-refractivity contribution in [1.82, 2.24) is 4.98 Å². The van der Waals surface area contributed by atoms with Crippen molar-refractivity contribution in [2.45, 2.75) is 19.5 Å². The molecule has 1 aromatic rings. The minimum atomic E-state index is -4.12. The summed E-state index contributed by atoms with van der Waals surface area (Å²) in [6, 6.07) is 3.53. The Balaban J connectivity index is 2.43. The van der Waals surface area contributed by atoms with Gasteiger partial charge in [-0.25, -0.2) is 4.98 Å². The lowest BCUT2D eigenvalue weighted by atomic mass is 10.3. The molecule has 1 aromatic heterocycles. The van der Waals surface area contributed by atoms with Gasteiger partial charge in [-0.3, -0.25) is 0 Å². The number of aromatic nitrogens is 1. The van der Waals surface area contributed by atoms with E-state index in [2.05, 4.69) is 10.3 Å². The second-order valence-electron chi connectivity index (χ2n) is 2.96. The molecule has 78 valence electrons. The van der Waals surface area contributed by atoms with Crippen LogP contribution in [0.1, 0.15) is 12.0 Å². The average Bonchev–Trinajstić information content (AvgIpc) is 2.06. The van der Waals surface area contributed by atoms with E-state index < -0.39 is 12.6 Å². The molecule has 0 aromatic carbocycles. The number of alkyl halides is 3. The van der Waals surface area contributed by atoms with Gasteiger partial charge in [-0.15, -0.1) is 0 Å². The van der Waals surface area contributed by atoms with Gasteiger partial charge in [0, 0.05) is 12.7 Å². The van der Waals surface area contributed by atoms with E-state index in [1.165, 1.54) is 0 Å². The fourth-order valence-electron chi connectivity index (χ4n) is 0.993. The Labute approximate surface area is 80.2 Å². The quantitative estimate of drug-likeness (QED) is 0.818. The Kier molecular flexibility index (Phi) is 3.33. The van der Waals surface area contributed by atoms with E-state index in [0.29, 0.717) is 5.82 Å². The molecule has 0 saturated heterocycles. The first kappa shape index (κ1) is 10.8. The lowest BCUT2D eigenvalue weighted by Crippen LogP contribution is -2.15. The van der Waals surface area contributed by atoms with E-state index in [1.54, 1.807) is 25.3 Å². The maximum Gasteiger partial charge on any atom is 0.390 e. The summed E-state index contributed by atoms with van der Waals surface area (Å²) in [7, 11) is 0. The SMILES string of the molecule is Cc1cccnc1NCCC(F)(F)F. The maximum absolute atomic E-state index is 11.8. The number of rotatable bonds is 3. The van der Waals surface area contributed by atoms with Crippen LogP contribution < -0.4 is 5.32 Å². The van der Waals surface area contributed by atoms with Crippen LogP contribution in [0.5, 0.6) is 0 Å². The number of aryl methyl sites for hydroxylation is 1. The van der Waals surface area contributed by atoms with Crippen LogP contribution in [0.15, 0.2) is 18.3 Å². The molecule has 0 aliphatic heterocycles. The number of pyridine rings is 1. The topological polar surface area (TPSA) is 24.9 Å². The fourth-order valence-corrected chi connectivity index (χ4v) is 0.993. The van der Waals surface area contributed by atoms with Crippen molar-refractivity contribution >= 4 is 5.82 Å². The summed E-state index contributed by atoms with van der Waals surface area (Å²) in [5.41, 5.74) is 0.842. The van der Waals surface area contributed by atoms with Gasteiger partial charge in [0.1, 0.15) is 5.82 Å². The van der Waals surface area contributed by atoms with Gasteiger partial charge in [-0.2, -0.15) is 13.2 Å². The van der Waals surface area contributed by atoms with Crippen LogP contribution in [-0.2, 0) is 0 Å². The summed E-state index contributed by atoms with van der Waals surface area (Å²) in [6.07, 6.45) is -3.42. The minimum Gasteiger partial charge on any atom is -0.370 e. The second-order valence-corrected chi connectivity index (χ2v) is 2.96. The lowest BCUT2D eigenvalue weighted by Gasteiger charge is -2.09. The average molecular weight is 204 g/mol. The van der Waals surface area contributed by atoms with Gasteiger partial charge in [0.2, 0.25) is 0 Å². The third-order valence-corrected chi connectivity index (χ3v) is 1.71. The van der Waals surface area contributed by atoms with Crippen LogP contribution in [0.2, 0.25) is 0 Å². The molecule has 0 amide bonds. The predicted molar refractivity (Wildman–Crippen MR) is 48.1 cm³/mol. The molecule has 0 aliphatic rings. The highest BCUT2D eigenvalue weighted by molar-refractivity contribution is 5.42. The van der Waals surface area contributed by atoms with Crippen molar-refractivity contribution in [3.05, 3.63) is 23.9 Å². The van der Waals surface area contributed by atoms with Crippen molar-refractivity contribution in [2.75, 3.05) is 11.9 Å². The predicted octanol–water partition coefficient (Wildman–Crippen LogP) is 2.75. The Morgan fingerprint density at radius 1 is 1.43 bits per heavy atom. The Bertz CT molecular complexity index is 296. The molecule has 0 atom stereocenters. The van der Waals surface area contributed by atoms with Crippen LogP contribution in [0.25, 0.3) is 0 Å². The van der Waals surface area contributed by atoms with Gasteiger partial charge < -0.3 is 5.32 Å². The number of hydrogen-bond acceptors (Lipinski definition) is 2. The molecule has 0 saturated carbocycles. The third kappa shape index (κ3) is 3.64. The number of nitrogens with zero attached hydrogens (tertiary/aromatic N) is 1. The molecule has 0 fully saturated rings. The smallest absolute Gasteiger partial charge is 0.370 e. The van der Waals surface area contributed by atoms with E-state index in [1.807, 2.05) is 0 Å². The molecule has 0 unspecified atom stereocenters. The highest BCUT2D eigenvalue weighted by atomic mass is 19.4. The zero-order chi connectivity index (χ0) is 10.6. The molecule has 0 radical (unpaired) electrons. The first-order valence-corrected chi connectivity index (χ1v) is 4.21. The maximum atomic E-state index is 11.8. The number of halogens is 3. The standard InChI is InChI=1S/C9H11F3N2/c1-7-3-2-5-13-8(7)14-6-4-9(10,11)12/h2-3,5H,4,6H2,1H3,(H,13,14). The zero-order valence-corrected chi connectivity index (χ0v) is 7.73. The Morgan fingerprint density at radius 3 is 2.71 bits per heavy atom. The molecule has 0 bridgehead atoms. The molecule has 0 spiro atoms. The minimum absolute atomic E-state index is 0.138. The highest BCUT2D eigenvalue weighted by Crippen LogP contribution is 2.19. The summed E-state index contributed by atoms with van der Waals surface area (Å²) in [4.78, 5) is 3.92. The summed E-state index contributed by atoms with van der Waals surface area (Å²) in [5.74, 6) is 0.511. The van der Waals surface area contributed by atoms with Crippen molar-refractivity contribution in [3.63, 3.8) is 0 Å². The normalized spacial score (nSPS) is 11.4. The molecule has 1 rings (SSSR count). The molecule has 0 aliphatic carbocycles. The van der Waals surface area contributed by atoms with E-state index in [4.69, 9.17) is 0 Å². The Morgan fingerprint density at radius 2 is 2.14 bits per heavy atom. The van der Waals surface area contributed by atoms with Crippen LogP contribution in [-0.4, -0.2) is 17.7 Å². The molecule has 2 nitrogen and oxygen atoms in total. The van der Waals surface area contributed by atoms with Gasteiger partial charge >= 0.3 is 6.18 Å². The van der Waals surface area contributed by atoms with E-state index in [-0.39, 0.29) is 6.54 Å². The van der Waals surface area contributed by atoms with Gasteiger partial charge in [-0.1, -0.05) is 6.07 Å². The van der Waals surface area contributed by atoms with Gasteiger partial charge in [0.25, 0.3) is 0 Å². The van der Waals surface area contributed by atoms with E-state index in [9.17, 15) is 13.2 Å². The summed E-state index contributed by atoms with van der Waals surface area (Å²) in [5, 5.41) is 2.64. The van der Waals surface area contributed by atoms with Gasteiger partial charge in [-0.05, 0) is 18.6 Å². The Hall–Kier alpha value is -1.26. The number of anilines is 1. The molecular weight excluding hydrogens is 193 g/mol. The molecule has 1 heterocycles. The number of nitrogens with one attached hydrogen (secondary N) is 1. The summed E-state index contributed by atoms with van der Waals surface area (Å²) >= 11 is 0. The van der Waals surface area contributed by atoms with Crippen molar-refractivity contribution in [1.29, 1.82) is 0 Å². The van der Waals surface area contributed by atoms with Gasteiger partial charge in [0.15, 0.2) is 0 Å². The van der Waals surface area contributed by atoms with Crippen molar-refractivity contribution in [3.8, 4) is 0 Å². The first-order chi connectivity index (χ1) is 6.49. The zero-order valence-electron chi connectivity index (χ0n) is 7.73. The van der Waals surface area contributed by atoms with Gasteiger partial charge in [0.05, 0.1) is 6.42 Å². The molecule has 5 heteroatoms.